The molecule has 4 aromatic rings. The number of hydrogen-bond acceptors (Lipinski definition) is 15. The lowest BCUT2D eigenvalue weighted by molar-refractivity contribution is -0.144. The van der Waals surface area contributed by atoms with Gasteiger partial charge in [0.1, 0.15) is 41.8 Å². The van der Waals surface area contributed by atoms with Gasteiger partial charge in [-0.2, -0.15) is 8.42 Å². The summed E-state index contributed by atoms with van der Waals surface area (Å²) in [6, 6.07) is 37.5. The number of Topliss-reactive ketones (excluding diaryl/α,β-unsaturated/α-hetero) is 5. The molecular formula is C89H124N7O15S+. The van der Waals surface area contributed by atoms with Gasteiger partial charge in [-0.3, -0.25) is 52.5 Å². The zero-order valence-corrected chi connectivity index (χ0v) is 67.7. The van der Waals surface area contributed by atoms with Crippen LogP contribution in [0.1, 0.15) is 236 Å². The number of nitrogens with one attached hydrogen (secondary N) is 4. The van der Waals surface area contributed by atoms with Crippen LogP contribution in [0.15, 0.2) is 126 Å². The summed E-state index contributed by atoms with van der Waals surface area (Å²) >= 11 is 0. The second-order valence-corrected chi connectivity index (χ2v) is 31.3. The van der Waals surface area contributed by atoms with Gasteiger partial charge >= 0.3 is 5.97 Å². The first-order valence-corrected chi connectivity index (χ1v) is 42.7. The molecule has 4 unspecified atom stereocenters. The second kappa shape index (κ2) is 50.1. The topological polar surface area (TPSA) is 339 Å². The Morgan fingerprint density at radius 2 is 1.09 bits per heavy atom. The molecule has 5 atom stereocenters. The SMILES string of the molecule is CCN(CC)c1ccc2c(-c3ccccc3C(=O)NCCCC[C@@H](CC(=O)CCCCCCCNC(=O)C(CC(=O)C(Cc3ccccc3)NC(=O)CCCCCCCCC(=O)CCC(CC(=O)CCCCCS(=O)(=O)O)C(=O)O)Cc3ccccc3)C(=O)NC(C)C(=O)CCCN)c3ccc(=[N+](CC)CC)cc-3oc2c1. The summed E-state index contributed by atoms with van der Waals surface area (Å²) in [4.78, 5) is 136. The van der Waals surface area contributed by atoms with E-state index >= 15 is 0 Å². The highest BCUT2D eigenvalue weighted by Gasteiger charge is 2.31. The quantitative estimate of drug-likeness (QED) is 0.00807. The highest BCUT2D eigenvalue weighted by atomic mass is 32.2. The highest BCUT2D eigenvalue weighted by molar-refractivity contribution is 7.85. The number of aliphatic carboxylic acids is 1. The van der Waals surface area contributed by atoms with Crippen molar-refractivity contribution in [1.29, 1.82) is 0 Å². The molecule has 0 spiro atoms. The van der Waals surface area contributed by atoms with Gasteiger partial charge in [-0.25, -0.2) is 4.58 Å². The predicted molar refractivity (Wildman–Crippen MR) is 441 cm³/mol. The van der Waals surface area contributed by atoms with Crippen LogP contribution in [0.4, 0.5) is 5.69 Å². The summed E-state index contributed by atoms with van der Waals surface area (Å²) in [5, 5.41) is 23.7. The third-order valence-electron chi connectivity index (χ3n) is 21.1. The largest absolute Gasteiger partial charge is 0.481 e. The number of benzene rings is 5. The number of hydrogen-bond donors (Lipinski definition) is 7. The molecule has 0 fully saturated rings. The number of anilines is 1. The molecular weight excluding hydrogens is 1440 g/mol. The number of amides is 4. The molecule has 2 aliphatic rings. The number of fused-ring (bicyclic) bond motifs is 2. The Labute approximate surface area is 663 Å². The molecule has 0 saturated carbocycles. The molecule has 4 amide bonds. The van der Waals surface area contributed by atoms with Crippen molar-refractivity contribution in [2.45, 2.75) is 239 Å². The fourth-order valence-corrected chi connectivity index (χ4v) is 15.1. The number of carboxylic acid groups (broad SMARTS) is 1. The van der Waals surface area contributed by atoms with Crippen molar-refractivity contribution in [2.75, 3.05) is 56.5 Å². The molecule has 23 heteroatoms. The van der Waals surface area contributed by atoms with Gasteiger partial charge in [0.25, 0.3) is 16.0 Å². The van der Waals surface area contributed by atoms with Crippen LogP contribution in [0, 0.1) is 17.8 Å². The highest BCUT2D eigenvalue weighted by Crippen LogP contribution is 2.42. The third kappa shape index (κ3) is 32.6. The first-order chi connectivity index (χ1) is 53.9. The molecule has 22 nitrogen and oxygen atoms in total. The minimum absolute atomic E-state index is 0.0130. The summed E-state index contributed by atoms with van der Waals surface area (Å²) in [6.07, 6.45) is 12.4. The van der Waals surface area contributed by atoms with E-state index < -0.39 is 51.7 Å². The van der Waals surface area contributed by atoms with Gasteiger partial charge in [0.05, 0.1) is 29.8 Å². The van der Waals surface area contributed by atoms with Crippen LogP contribution in [-0.4, -0.2) is 140 Å². The normalized spacial score (nSPS) is 12.8. The summed E-state index contributed by atoms with van der Waals surface area (Å²) in [7, 11) is -4.08. The van der Waals surface area contributed by atoms with Crippen molar-refractivity contribution in [3.8, 4) is 22.5 Å². The first-order valence-electron chi connectivity index (χ1n) is 41.1. The Balaban J connectivity index is 0.952. The van der Waals surface area contributed by atoms with Crippen molar-refractivity contribution in [3.05, 3.63) is 143 Å². The van der Waals surface area contributed by atoms with Crippen LogP contribution in [0.3, 0.4) is 0 Å². The average molecular weight is 1560 g/mol. The van der Waals surface area contributed by atoms with E-state index in [0.29, 0.717) is 114 Å². The predicted octanol–water partition coefficient (Wildman–Crippen LogP) is 13.7. The Morgan fingerprint density at radius 1 is 0.518 bits per heavy atom. The van der Waals surface area contributed by atoms with E-state index in [2.05, 4.69) is 94.8 Å². The number of rotatable bonds is 58. The van der Waals surface area contributed by atoms with Crippen LogP contribution < -0.4 is 41.8 Å². The average Bonchev–Trinajstić information content (AvgIpc) is 0.745. The van der Waals surface area contributed by atoms with E-state index in [-0.39, 0.29) is 123 Å². The van der Waals surface area contributed by atoms with E-state index in [0.717, 1.165) is 115 Å². The smallest absolute Gasteiger partial charge is 0.306 e. The molecule has 1 heterocycles. The van der Waals surface area contributed by atoms with Gasteiger partial charge in [-0.05, 0) is 159 Å². The Kier molecular flexibility index (Phi) is 41.1. The molecule has 610 valence electrons. The van der Waals surface area contributed by atoms with E-state index in [9.17, 15) is 61.5 Å². The van der Waals surface area contributed by atoms with Crippen molar-refractivity contribution < 1.29 is 70.4 Å². The summed E-state index contributed by atoms with van der Waals surface area (Å²) in [6.45, 7) is 14.6. The van der Waals surface area contributed by atoms with E-state index in [1.54, 1.807) is 6.92 Å². The summed E-state index contributed by atoms with van der Waals surface area (Å²) < 4.78 is 39.7. The fourth-order valence-electron chi connectivity index (χ4n) is 14.5. The van der Waals surface area contributed by atoms with Crippen molar-refractivity contribution in [1.82, 2.24) is 25.8 Å². The van der Waals surface area contributed by atoms with Crippen molar-refractivity contribution >= 4 is 85.3 Å². The number of carboxylic acids is 1. The number of nitrogens with two attached hydrogens (primary N) is 1. The summed E-state index contributed by atoms with van der Waals surface area (Å²) in [5.41, 5.74) is 12.3. The standard InChI is InChI=1S/C89H123N7O15S/c1-6-95(7-2)70-48-51-77-82(62-70)111-83-63-71(96(8-3)9-4)49-52-78(83)85(77)75-43-28-29-44-76(75)88(105)92-55-32-30-39-67(87(104)93-64(5)80(100)45-34-53-90)59-73(98)41-25-14-12-16-31-54-91-86(103)69(57-65-35-20-17-21-36-65)61-81(101)79(58-66-37-22-18-23-38-66)94-84(102)46-27-15-11-10-13-24-40-72(97)50-47-68(89(106)107)60-74(99)42-26-19-33-56-112(108,109)110/h17-18,20-23,28-29,35-38,43-44,48-49,51-52,62-64,67-69,79H,6-16,19,24-27,30-34,39-42,45-47,50,53-61,90H2,1-5H3,(H5-,91,92,93,94,102,103,104,105,106,107,108,109,110)/p+1/t64?,67-,68?,69?,79?/m0/s1. The fraction of sp³-hybridized carbons (Fsp3) is 0.539. The molecule has 0 saturated heterocycles. The Bertz CT molecular complexity index is 4150. The molecule has 8 N–H and O–H groups in total. The number of carbonyl (C=O) groups is 10. The van der Waals surface area contributed by atoms with E-state index in [4.69, 9.17) is 14.7 Å². The maximum Gasteiger partial charge on any atom is 0.306 e. The second-order valence-electron chi connectivity index (χ2n) is 29.8. The monoisotopic (exact) mass is 1560 g/mol. The molecule has 1 aliphatic heterocycles. The van der Waals surface area contributed by atoms with Gasteiger partial charge < -0.3 is 41.4 Å². The number of unbranched alkanes of at least 4 members (excludes halogenated alkanes) is 12. The molecule has 0 aromatic heterocycles. The lowest BCUT2D eigenvalue weighted by atomic mass is 9.89. The first kappa shape index (κ1) is 91.8. The van der Waals surface area contributed by atoms with Gasteiger partial charge in [-0.15, -0.1) is 0 Å². The van der Waals surface area contributed by atoms with Crippen molar-refractivity contribution in [3.63, 3.8) is 0 Å². The number of nitrogens with zero attached hydrogens (tertiary/aromatic N) is 2. The van der Waals surface area contributed by atoms with Crippen LogP contribution in [0.2, 0.25) is 0 Å². The van der Waals surface area contributed by atoms with Crippen molar-refractivity contribution in [2.24, 2.45) is 23.5 Å². The number of ketones is 5. The Morgan fingerprint density at radius 3 is 1.71 bits per heavy atom. The van der Waals surface area contributed by atoms with Gasteiger partial charge in [0, 0.05) is 136 Å². The molecule has 4 aromatic carbocycles. The maximum atomic E-state index is 14.4. The lowest BCUT2D eigenvalue weighted by Gasteiger charge is -2.22. The zero-order chi connectivity index (χ0) is 81.2. The van der Waals surface area contributed by atoms with Gasteiger partial charge in [0.15, 0.2) is 11.6 Å². The zero-order valence-electron chi connectivity index (χ0n) is 66.9. The van der Waals surface area contributed by atoms with Crippen LogP contribution in [-0.2, 0) is 66.1 Å². The molecule has 0 bridgehead atoms. The van der Waals surface area contributed by atoms with E-state index in [1.807, 2.05) is 84.9 Å². The minimum atomic E-state index is -4.08. The molecule has 0 radical (unpaired) electrons. The van der Waals surface area contributed by atoms with Crippen LogP contribution >= 0.6 is 0 Å². The minimum Gasteiger partial charge on any atom is -0.481 e. The van der Waals surface area contributed by atoms with Gasteiger partial charge in [0.2, 0.25) is 23.1 Å². The molecule has 112 heavy (non-hydrogen) atoms. The Hall–Kier alpha value is -9.06. The maximum absolute atomic E-state index is 14.4. The summed E-state index contributed by atoms with van der Waals surface area (Å²) in [5.74, 6) is -5.08. The van der Waals surface area contributed by atoms with Crippen LogP contribution in [0.5, 0.6) is 0 Å². The lowest BCUT2D eigenvalue weighted by Crippen LogP contribution is -2.44. The van der Waals surface area contributed by atoms with Crippen LogP contribution in [0.25, 0.3) is 33.4 Å². The third-order valence-corrected chi connectivity index (χ3v) is 21.9. The van der Waals surface area contributed by atoms with E-state index in [1.165, 1.54) is 0 Å². The van der Waals surface area contributed by atoms with Gasteiger partial charge in [-0.1, -0.05) is 137 Å². The number of carbonyl (C=O) groups excluding carboxylic acids is 9. The molecule has 1 aliphatic carbocycles. The molecule has 6 rings (SSSR count).